The molecule has 0 saturated heterocycles. The average Bonchev–Trinajstić information content (AvgIpc) is 3.08. The SMILES string of the molecule is O=C(O)C1(CCc2ccc([N+](=O)[O-])cc2)CC1. The van der Waals surface area contributed by atoms with Crippen molar-refractivity contribution in [2.45, 2.75) is 25.7 Å². The molecule has 5 heteroatoms. The predicted molar refractivity (Wildman–Crippen MR) is 60.7 cm³/mol. The normalized spacial score (nSPS) is 16.5. The fourth-order valence-electron chi connectivity index (χ4n) is 1.89. The van der Waals surface area contributed by atoms with Crippen LogP contribution in [0, 0.1) is 15.5 Å². The van der Waals surface area contributed by atoms with Crippen LogP contribution in [0.1, 0.15) is 24.8 Å². The van der Waals surface area contributed by atoms with Crippen LogP contribution in [0.3, 0.4) is 0 Å². The zero-order valence-corrected chi connectivity index (χ0v) is 9.26. The van der Waals surface area contributed by atoms with Gasteiger partial charge < -0.3 is 5.11 Å². The van der Waals surface area contributed by atoms with Gasteiger partial charge in [0, 0.05) is 12.1 Å². The number of carbonyl (C=O) groups is 1. The van der Waals surface area contributed by atoms with E-state index in [-0.39, 0.29) is 5.69 Å². The van der Waals surface area contributed by atoms with E-state index in [1.54, 1.807) is 12.1 Å². The summed E-state index contributed by atoms with van der Waals surface area (Å²) in [5.74, 6) is -0.723. The average molecular weight is 235 g/mol. The zero-order chi connectivity index (χ0) is 12.5. The number of aryl methyl sites for hydroxylation is 1. The standard InChI is InChI=1S/C12H13NO4/c14-11(15)12(7-8-12)6-5-9-1-3-10(4-2-9)13(16)17/h1-4H,5-8H2,(H,14,15). The van der Waals surface area contributed by atoms with E-state index in [1.807, 2.05) is 0 Å². The van der Waals surface area contributed by atoms with Gasteiger partial charge in [-0.2, -0.15) is 0 Å². The van der Waals surface area contributed by atoms with Crippen LogP contribution < -0.4 is 0 Å². The highest BCUT2D eigenvalue weighted by molar-refractivity contribution is 5.77. The second kappa shape index (κ2) is 4.16. The van der Waals surface area contributed by atoms with Crippen molar-refractivity contribution in [2.75, 3.05) is 0 Å². The highest BCUT2D eigenvalue weighted by atomic mass is 16.6. The summed E-state index contributed by atoms with van der Waals surface area (Å²) in [5, 5.41) is 19.5. The topological polar surface area (TPSA) is 80.4 Å². The van der Waals surface area contributed by atoms with E-state index in [0.717, 1.165) is 18.4 Å². The number of aliphatic carboxylic acids is 1. The lowest BCUT2D eigenvalue weighted by Crippen LogP contribution is -2.15. The van der Waals surface area contributed by atoms with Gasteiger partial charge in [-0.25, -0.2) is 0 Å². The summed E-state index contributed by atoms with van der Waals surface area (Å²) >= 11 is 0. The largest absolute Gasteiger partial charge is 0.481 e. The van der Waals surface area contributed by atoms with Crippen molar-refractivity contribution in [3.05, 3.63) is 39.9 Å². The Morgan fingerprint density at radius 2 is 1.94 bits per heavy atom. The minimum Gasteiger partial charge on any atom is -0.481 e. The molecule has 1 aromatic rings. The molecule has 0 atom stereocenters. The lowest BCUT2D eigenvalue weighted by atomic mass is 9.97. The molecule has 0 aliphatic heterocycles. The van der Waals surface area contributed by atoms with Gasteiger partial charge in [-0.05, 0) is 31.2 Å². The van der Waals surface area contributed by atoms with Crippen LogP contribution in [0.5, 0.6) is 0 Å². The molecule has 0 bridgehead atoms. The van der Waals surface area contributed by atoms with Crippen LogP contribution in [0.4, 0.5) is 5.69 Å². The third kappa shape index (κ3) is 2.43. The molecule has 90 valence electrons. The van der Waals surface area contributed by atoms with Crippen LogP contribution in [-0.2, 0) is 11.2 Å². The van der Waals surface area contributed by atoms with Crippen molar-refractivity contribution >= 4 is 11.7 Å². The summed E-state index contributed by atoms with van der Waals surface area (Å²) in [6.07, 6.45) is 2.76. The van der Waals surface area contributed by atoms with Crippen LogP contribution in [0.25, 0.3) is 0 Å². The van der Waals surface area contributed by atoms with Crippen molar-refractivity contribution in [3.63, 3.8) is 0 Å². The number of nitrogens with zero attached hydrogens (tertiary/aromatic N) is 1. The van der Waals surface area contributed by atoms with Crippen molar-refractivity contribution in [2.24, 2.45) is 5.41 Å². The first-order valence-corrected chi connectivity index (χ1v) is 5.50. The number of carboxylic acid groups (broad SMARTS) is 1. The van der Waals surface area contributed by atoms with Crippen LogP contribution in [0.2, 0.25) is 0 Å². The third-order valence-corrected chi connectivity index (χ3v) is 3.35. The molecule has 5 nitrogen and oxygen atoms in total. The minimum atomic E-state index is -0.723. The van der Waals surface area contributed by atoms with Gasteiger partial charge in [0.1, 0.15) is 0 Å². The number of hydrogen-bond donors (Lipinski definition) is 1. The fraction of sp³-hybridized carbons (Fsp3) is 0.417. The van der Waals surface area contributed by atoms with Gasteiger partial charge in [-0.1, -0.05) is 12.1 Å². The number of nitro benzene ring substituents is 1. The molecule has 0 spiro atoms. The maximum Gasteiger partial charge on any atom is 0.309 e. The summed E-state index contributed by atoms with van der Waals surface area (Å²) < 4.78 is 0. The summed E-state index contributed by atoms with van der Waals surface area (Å²) in [6, 6.07) is 6.29. The summed E-state index contributed by atoms with van der Waals surface area (Å²) in [4.78, 5) is 21.0. The number of hydrogen-bond acceptors (Lipinski definition) is 3. The van der Waals surface area contributed by atoms with Crippen molar-refractivity contribution in [1.82, 2.24) is 0 Å². The van der Waals surface area contributed by atoms with Gasteiger partial charge >= 0.3 is 5.97 Å². The summed E-state index contributed by atoms with van der Waals surface area (Å²) in [5.41, 5.74) is 0.484. The van der Waals surface area contributed by atoms with Gasteiger partial charge in [0.05, 0.1) is 10.3 Å². The van der Waals surface area contributed by atoms with Crippen LogP contribution in [-0.4, -0.2) is 16.0 Å². The number of benzene rings is 1. The minimum absolute atomic E-state index is 0.0631. The first-order valence-electron chi connectivity index (χ1n) is 5.50. The molecular weight excluding hydrogens is 222 g/mol. The Bertz CT molecular complexity index is 448. The Kier molecular flexibility index (Phi) is 2.83. The van der Waals surface area contributed by atoms with E-state index < -0.39 is 16.3 Å². The summed E-state index contributed by atoms with van der Waals surface area (Å²) in [6.45, 7) is 0. The number of nitro groups is 1. The van der Waals surface area contributed by atoms with Crippen molar-refractivity contribution in [3.8, 4) is 0 Å². The quantitative estimate of drug-likeness (QED) is 0.627. The molecular formula is C12H13NO4. The van der Waals surface area contributed by atoms with E-state index in [9.17, 15) is 14.9 Å². The van der Waals surface area contributed by atoms with E-state index >= 15 is 0 Å². The molecule has 2 rings (SSSR count). The predicted octanol–water partition coefficient (Wildman–Crippen LogP) is 2.39. The molecule has 17 heavy (non-hydrogen) atoms. The molecule has 1 aromatic carbocycles. The lowest BCUT2D eigenvalue weighted by Gasteiger charge is -2.08. The first-order chi connectivity index (χ1) is 8.03. The Hall–Kier alpha value is -1.91. The van der Waals surface area contributed by atoms with Crippen LogP contribution >= 0.6 is 0 Å². The molecule has 1 aliphatic rings. The van der Waals surface area contributed by atoms with Gasteiger partial charge in [0.15, 0.2) is 0 Å². The second-order valence-electron chi connectivity index (χ2n) is 4.51. The highest BCUT2D eigenvalue weighted by Crippen LogP contribution is 2.49. The molecule has 0 heterocycles. The van der Waals surface area contributed by atoms with E-state index in [2.05, 4.69) is 0 Å². The Balaban J connectivity index is 1.96. The lowest BCUT2D eigenvalue weighted by molar-refractivity contribution is -0.384. The van der Waals surface area contributed by atoms with Gasteiger partial charge in [0.25, 0.3) is 5.69 Å². The Morgan fingerprint density at radius 3 is 2.35 bits per heavy atom. The zero-order valence-electron chi connectivity index (χ0n) is 9.26. The number of rotatable bonds is 5. The number of non-ortho nitro benzene ring substituents is 1. The Morgan fingerprint density at radius 1 is 1.35 bits per heavy atom. The molecule has 0 amide bonds. The van der Waals surface area contributed by atoms with E-state index in [4.69, 9.17) is 5.11 Å². The van der Waals surface area contributed by atoms with E-state index in [1.165, 1.54) is 12.1 Å². The van der Waals surface area contributed by atoms with Gasteiger partial charge in [0.2, 0.25) is 0 Å². The molecule has 0 unspecified atom stereocenters. The summed E-state index contributed by atoms with van der Waals surface area (Å²) in [7, 11) is 0. The maximum absolute atomic E-state index is 11.0. The number of carboxylic acids is 1. The molecule has 1 aliphatic carbocycles. The molecule has 1 N–H and O–H groups in total. The molecule has 0 radical (unpaired) electrons. The first kappa shape index (κ1) is 11.6. The molecule has 1 saturated carbocycles. The monoisotopic (exact) mass is 235 g/mol. The molecule has 0 aromatic heterocycles. The third-order valence-electron chi connectivity index (χ3n) is 3.35. The Labute approximate surface area is 98.2 Å². The smallest absolute Gasteiger partial charge is 0.309 e. The van der Waals surface area contributed by atoms with Gasteiger partial charge in [-0.15, -0.1) is 0 Å². The second-order valence-corrected chi connectivity index (χ2v) is 4.51. The van der Waals surface area contributed by atoms with Crippen molar-refractivity contribution in [1.29, 1.82) is 0 Å². The fourth-order valence-corrected chi connectivity index (χ4v) is 1.89. The van der Waals surface area contributed by atoms with Gasteiger partial charge in [-0.3, -0.25) is 14.9 Å². The maximum atomic E-state index is 11.0. The van der Waals surface area contributed by atoms with Crippen LogP contribution in [0.15, 0.2) is 24.3 Å². The highest BCUT2D eigenvalue weighted by Gasteiger charge is 2.49. The molecule has 1 fully saturated rings. The van der Waals surface area contributed by atoms with E-state index in [0.29, 0.717) is 12.8 Å². The van der Waals surface area contributed by atoms with Crippen molar-refractivity contribution < 1.29 is 14.8 Å².